The first-order valence-electron chi connectivity index (χ1n) is 19.8. The van der Waals surface area contributed by atoms with Crippen molar-refractivity contribution in [3.8, 4) is 39.5 Å². The Labute approximate surface area is 358 Å². The molecule has 58 heavy (non-hydrogen) atoms. The van der Waals surface area contributed by atoms with Crippen LogP contribution in [-0.4, -0.2) is 32.8 Å². The van der Waals surface area contributed by atoms with E-state index in [1.807, 2.05) is 43.5 Å². The number of aryl methyl sites for hydroxylation is 1. The van der Waals surface area contributed by atoms with Gasteiger partial charge in [-0.1, -0.05) is 70.2 Å². The van der Waals surface area contributed by atoms with E-state index in [9.17, 15) is 0 Å². The van der Waals surface area contributed by atoms with Gasteiger partial charge in [0.15, 0.2) is 0 Å². The molecule has 0 bridgehead atoms. The molecule has 0 amide bonds. The summed E-state index contributed by atoms with van der Waals surface area (Å²) in [7, 11) is 0. The Morgan fingerprint density at radius 1 is 0.672 bits per heavy atom. The van der Waals surface area contributed by atoms with Gasteiger partial charge in [0.2, 0.25) is 0 Å². The van der Waals surface area contributed by atoms with Gasteiger partial charge in [-0.25, -0.2) is 0 Å². The first kappa shape index (κ1) is 41.0. The smallest absolute Gasteiger partial charge is 0 e. The molecule has 5 aromatic carbocycles. The van der Waals surface area contributed by atoms with Crippen LogP contribution in [0.2, 0.25) is 17.3 Å². The SMILES string of the molecule is CC(C)c1cc(-c2ccccc2)cc(C(C)C)c1-n1c(-c2[c-]cccc2)nc2ccccc21.Cc1ccc2c(n1)oc1c(-c3cc[c]([Ge]([CH3])([CH3])[CH3])cn3)[c-]ccc12.[Ir]. The fraction of sp³-hybridized carbons (Fsp3) is 0.196. The van der Waals surface area contributed by atoms with Gasteiger partial charge in [-0.3, -0.25) is 4.98 Å². The molecule has 7 heteroatoms. The monoisotopic (exact) mass is 999 g/mol. The molecular formula is C51H48GeIrN4O-2. The zero-order chi connectivity index (χ0) is 39.8. The second kappa shape index (κ2) is 17.0. The predicted molar refractivity (Wildman–Crippen MR) is 240 cm³/mol. The van der Waals surface area contributed by atoms with E-state index in [1.54, 1.807) is 0 Å². The van der Waals surface area contributed by atoms with Crippen LogP contribution in [0.4, 0.5) is 0 Å². The zero-order valence-corrected chi connectivity index (χ0v) is 38.9. The Morgan fingerprint density at radius 3 is 2.03 bits per heavy atom. The van der Waals surface area contributed by atoms with E-state index in [4.69, 9.17) is 9.40 Å². The molecule has 0 saturated carbocycles. The molecule has 9 aromatic rings. The minimum absolute atomic E-state index is 0. The molecule has 0 N–H and O–H groups in total. The summed E-state index contributed by atoms with van der Waals surface area (Å²) >= 11 is -1.85. The van der Waals surface area contributed by atoms with Gasteiger partial charge in [0, 0.05) is 25.8 Å². The maximum Gasteiger partial charge on any atom is 0 e. The fourth-order valence-electron chi connectivity index (χ4n) is 7.47. The molecule has 0 aliphatic heterocycles. The number of furan rings is 1. The van der Waals surface area contributed by atoms with Crippen LogP contribution >= 0.6 is 0 Å². The van der Waals surface area contributed by atoms with Crippen molar-refractivity contribution in [3.05, 3.63) is 163 Å². The fourth-order valence-corrected chi connectivity index (χ4v) is 9.64. The molecule has 5 nitrogen and oxygen atoms in total. The summed E-state index contributed by atoms with van der Waals surface area (Å²) in [6.07, 6.45) is 2.02. The van der Waals surface area contributed by atoms with Gasteiger partial charge in [-0.15, -0.1) is 35.9 Å². The summed E-state index contributed by atoms with van der Waals surface area (Å²) in [5, 5.41) is 2.10. The van der Waals surface area contributed by atoms with Gasteiger partial charge in [0.25, 0.3) is 0 Å². The molecule has 0 fully saturated rings. The van der Waals surface area contributed by atoms with Crippen molar-refractivity contribution in [2.24, 2.45) is 0 Å². The van der Waals surface area contributed by atoms with Crippen molar-refractivity contribution in [2.45, 2.75) is 63.7 Å². The van der Waals surface area contributed by atoms with E-state index in [-0.39, 0.29) is 20.1 Å². The van der Waals surface area contributed by atoms with E-state index in [0.29, 0.717) is 17.5 Å². The third-order valence-electron chi connectivity index (χ3n) is 10.6. The number of para-hydroxylation sites is 2. The molecular weight excluding hydrogens is 949 g/mol. The largest absolute Gasteiger partial charge is 0 e. The maximum absolute atomic E-state index is 6.05. The van der Waals surface area contributed by atoms with Gasteiger partial charge in [0.05, 0.1) is 16.9 Å². The average molecular weight is 998 g/mol. The van der Waals surface area contributed by atoms with Crippen LogP contribution in [0.15, 0.2) is 138 Å². The minimum atomic E-state index is -1.85. The van der Waals surface area contributed by atoms with Crippen LogP contribution in [0.25, 0.3) is 72.6 Å². The Morgan fingerprint density at radius 2 is 1.38 bits per heavy atom. The molecule has 4 aromatic heterocycles. The van der Waals surface area contributed by atoms with Crippen LogP contribution in [0, 0.1) is 19.1 Å². The Kier molecular flexibility index (Phi) is 12.0. The van der Waals surface area contributed by atoms with Gasteiger partial charge in [-0.2, -0.15) is 0 Å². The second-order valence-corrected chi connectivity index (χ2v) is 27.1. The summed E-state index contributed by atoms with van der Waals surface area (Å²) in [5.41, 5.74) is 13.8. The van der Waals surface area contributed by atoms with Crippen molar-refractivity contribution >= 4 is 50.8 Å². The summed E-state index contributed by atoms with van der Waals surface area (Å²) in [6.45, 7) is 11.1. The molecule has 0 aliphatic carbocycles. The normalized spacial score (nSPS) is 11.6. The molecule has 0 spiro atoms. The second-order valence-electron chi connectivity index (χ2n) is 16.4. The first-order valence-corrected chi connectivity index (χ1v) is 27.2. The maximum atomic E-state index is 6.05. The van der Waals surface area contributed by atoms with Crippen LogP contribution in [0.1, 0.15) is 56.4 Å². The third kappa shape index (κ3) is 8.11. The predicted octanol–water partition coefficient (Wildman–Crippen LogP) is 13.1. The van der Waals surface area contributed by atoms with Crippen LogP contribution in [0.5, 0.6) is 0 Å². The van der Waals surface area contributed by atoms with Crippen molar-refractivity contribution in [1.29, 1.82) is 0 Å². The van der Waals surface area contributed by atoms with Gasteiger partial charge >= 0.3 is 144 Å². The number of aromatic nitrogens is 4. The van der Waals surface area contributed by atoms with E-state index in [0.717, 1.165) is 55.7 Å². The summed E-state index contributed by atoms with van der Waals surface area (Å²) < 4.78 is 9.80. The van der Waals surface area contributed by atoms with E-state index >= 15 is 0 Å². The van der Waals surface area contributed by atoms with Crippen LogP contribution < -0.4 is 4.40 Å². The number of benzene rings is 5. The quantitative estimate of drug-likeness (QED) is 0.118. The summed E-state index contributed by atoms with van der Waals surface area (Å²) in [6, 6.07) is 51.0. The number of hydrogen-bond donors (Lipinski definition) is 0. The molecule has 0 unspecified atom stereocenters. The molecule has 4 heterocycles. The summed E-state index contributed by atoms with van der Waals surface area (Å²) in [5.74, 6) is 8.77. The molecule has 0 saturated heterocycles. The van der Waals surface area contributed by atoms with Crippen LogP contribution in [0.3, 0.4) is 0 Å². The third-order valence-corrected chi connectivity index (χ3v) is 14.8. The number of rotatable bonds is 7. The minimum Gasteiger partial charge on any atom is 0 e. The van der Waals surface area contributed by atoms with E-state index in [2.05, 4.69) is 169 Å². The number of nitrogens with zero attached hydrogens (tertiary/aromatic N) is 4. The molecule has 0 aliphatic rings. The number of imidazole rings is 1. The first-order chi connectivity index (χ1) is 27.5. The zero-order valence-electron chi connectivity index (χ0n) is 34.4. The van der Waals surface area contributed by atoms with Crippen molar-refractivity contribution < 1.29 is 24.5 Å². The number of pyridine rings is 2. The molecule has 293 valence electrons. The van der Waals surface area contributed by atoms with Crippen LogP contribution in [-0.2, 0) is 20.1 Å². The van der Waals surface area contributed by atoms with Gasteiger partial charge in [-0.05, 0) is 58.4 Å². The van der Waals surface area contributed by atoms with E-state index < -0.39 is 13.3 Å². The summed E-state index contributed by atoms with van der Waals surface area (Å²) in [4.78, 5) is 14.3. The standard InChI is InChI=1S/C31H29N2.C20H19GeN2O.Ir/c1-21(2)26-19-25(23-13-7-5-8-14-23)20-27(22(3)4)30(26)33-29-18-12-11-17-28(29)32-31(33)24-15-9-6-10-16-24;1-13-8-10-16-15-6-5-7-17(19(15)24-20(16)23-13)18-11-9-14(12-22-18)21(2,3)4;/h5-15,17-22H,1-4H3;5-6,8-12H,1-4H3;/q2*-1;. The van der Waals surface area contributed by atoms with Crippen molar-refractivity contribution in [1.82, 2.24) is 19.5 Å². The Bertz CT molecular complexity index is 2810. The van der Waals surface area contributed by atoms with Crippen molar-refractivity contribution in [2.75, 3.05) is 0 Å². The molecule has 1 radical (unpaired) electrons. The Balaban J connectivity index is 0.000000182. The molecule has 0 atom stereocenters. The number of hydrogen-bond acceptors (Lipinski definition) is 4. The van der Waals surface area contributed by atoms with Gasteiger partial charge < -0.3 is 4.57 Å². The topological polar surface area (TPSA) is 56.7 Å². The van der Waals surface area contributed by atoms with Crippen molar-refractivity contribution in [3.63, 3.8) is 0 Å². The number of fused-ring (bicyclic) bond motifs is 4. The van der Waals surface area contributed by atoms with E-state index in [1.165, 1.54) is 32.3 Å². The Hall–Kier alpha value is -5.14. The molecule has 9 rings (SSSR count). The van der Waals surface area contributed by atoms with Gasteiger partial charge in [0.1, 0.15) is 0 Å². The average Bonchev–Trinajstić information content (AvgIpc) is 3.79.